The van der Waals surface area contributed by atoms with Crippen molar-refractivity contribution < 1.29 is 18.3 Å². The van der Waals surface area contributed by atoms with Gasteiger partial charge in [0.25, 0.3) is 0 Å². The first-order chi connectivity index (χ1) is 16.7. The Morgan fingerprint density at radius 1 is 1.03 bits per heavy atom. The van der Waals surface area contributed by atoms with Gasteiger partial charge in [-0.2, -0.15) is 0 Å². The molecule has 0 saturated carbocycles. The summed E-state index contributed by atoms with van der Waals surface area (Å²) >= 11 is 0. The highest BCUT2D eigenvalue weighted by molar-refractivity contribution is 7.89. The van der Waals surface area contributed by atoms with Gasteiger partial charge in [-0.05, 0) is 84.8 Å². The third kappa shape index (κ3) is 6.08. The zero-order valence-corrected chi connectivity index (χ0v) is 20.7. The molecule has 35 heavy (non-hydrogen) atoms. The number of hydrogen-bond acceptors (Lipinski definition) is 5. The van der Waals surface area contributed by atoms with Gasteiger partial charge in [0, 0.05) is 11.4 Å². The lowest BCUT2D eigenvalue weighted by Gasteiger charge is -2.31. The predicted molar refractivity (Wildman–Crippen MR) is 138 cm³/mol. The monoisotopic (exact) mass is 493 g/mol. The highest BCUT2D eigenvalue weighted by atomic mass is 32.2. The van der Waals surface area contributed by atoms with E-state index in [1.54, 1.807) is 36.4 Å². The number of amides is 1. The highest BCUT2D eigenvalue weighted by Crippen LogP contribution is 2.33. The molecule has 4 N–H and O–H groups in total. The molecule has 1 aliphatic carbocycles. The smallest absolute Gasteiger partial charge is 0.243 e. The molecule has 0 fully saturated rings. The second kappa shape index (κ2) is 10.6. The second-order valence-corrected chi connectivity index (χ2v) is 10.6. The maximum Gasteiger partial charge on any atom is 0.243 e. The van der Waals surface area contributed by atoms with Gasteiger partial charge in [-0.1, -0.05) is 37.3 Å². The number of anilines is 2. The fraction of sp³-hybridized carbons (Fsp3) is 0.296. The van der Waals surface area contributed by atoms with Crippen molar-refractivity contribution in [1.82, 2.24) is 4.72 Å². The van der Waals surface area contributed by atoms with Crippen LogP contribution in [0.3, 0.4) is 0 Å². The zero-order valence-electron chi connectivity index (χ0n) is 19.9. The van der Waals surface area contributed by atoms with Gasteiger partial charge in [0.2, 0.25) is 15.9 Å². The Bertz CT molecular complexity index is 1310. The van der Waals surface area contributed by atoms with E-state index in [2.05, 4.69) is 15.4 Å². The van der Waals surface area contributed by atoms with Gasteiger partial charge >= 0.3 is 0 Å². The first kappa shape index (κ1) is 24.9. The van der Waals surface area contributed by atoms with Crippen LogP contribution in [0.4, 0.5) is 11.4 Å². The lowest BCUT2D eigenvalue weighted by Crippen LogP contribution is -2.39. The molecule has 0 aromatic heterocycles. The predicted octanol–water partition coefficient (Wildman–Crippen LogP) is 3.93. The van der Waals surface area contributed by atoms with E-state index in [4.69, 9.17) is 0 Å². The van der Waals surface area contributed by atoms with Gasteiger partial charge in [0.1, 0.15) is 0 Å². The summed E-state index contributed by atoms with van der Waals surface area (Å²) in [7, 11) is -3.85. The molecule has 0 radical (unpaired) electrons. The van der Waals surface area contributed by atoms with Gasteiger partial charge in [0.05, 0.1) is 23.6 Å². The molecule has 8 heteroatoms. The van der Waals surface area contributed by atoms with Gasteiger partial charge < -0.3 is 15.7 Å². The molecule has 3 aromatic carbocycles. The van der Waals surface area contributed by atoms with Crippen LogP contribution in [0.15, 0.2) is 71.6 Å². The van der Waals surface area contributed by atoms with E-state index < -0.39 is 22.2 Å². The van der Waals surface area contributed by atoms with Crippen molar-refractivity contribution >= 4 is 27.3 Å². The average molecular weight is 494 g/mol. The van der Waals surface area contributed by atoms with Crippen molar-refractivity contribution in [2.45, 2.75) is 50.2 Å². The molecule has 0 aliphatic heterocycles. The fourth-order valence-electron chi connectivity index (χ4n) is 4.29. The zero-order chi connectivity index (χ0) is 25.0. The summed E-state index contributed by atoms with van der Waals surface area (Å²) in [5, 5.41) is 16.6. The Morgan fingerprint density at radius 3 is 2.51 bits per heavy atom. The van der Waals surface area contributed by atoms with Crippen molar-refractivity contribution in [1.29, 1.82) is 0 Å². The molecule has 0 saturated heterocycles. The van der Waals surface area contributed by atoms with E-state index >= 15 is 0 Å². The maximum absolute atomic E-state index is 13.1. The largest absolute Gasteiger partial charge is 0.391 e. The standard InChI is InChI=1S/C27H31N3O4S/c1-3-19-7-12-23(13-8-19)35(33,34)30-27-24-16-22(11-9-20(24)10-14-25(27)31)29-26(32)17-28-21-6-4-5-18(2)15-21/h4-9,11-13,15-16,25,27-28,30-31H,3,10,14,17H2,1-2H3,(H,29,32)/t25-,27-/m1/s1. The van der Waals surface area contributed by atoms with E-state index in [0.29, 0.717) is 24.1 Å². The number of carbonyl (C=O) groups is 1. The third-order valence-electron chi connectivity index (χ3n) is 6.25. The molecule has 184 valence electrons. The highest BCUT2D eigenvalue weighted by Gasteiger charge is 2.32. The van der Waals surface area contributed by atoms with Crippen molar-refractivity contribution in [3.05, 3.63) is 89.0 Å². The summed E-state index contributed by atoms with van der Waals surface area (Å²) in [5.74, 6) is -0.226. The number of sulfonamides is 1. The summed E-state index contributed by atoms with van der Waals surface area (Å²) in [6.07, 6.45) is 1.02. The molecule has 0 spiro atoms. The van der Waals surface area contributed by atoms with Gasteiger partial charge in [0.15, 0.2) is 0 Å². The Labute approximate surface area is 206 Å². The number of carbonyl (C=O) groups excluding carboxylic acids is 1. The van der Waals surface area contributed by atoms with Crippen LogP contribution in [-0.2, 0) is 27.7 Å². The molecular formula is C27H31N3O4S. The van der Waals surface area contributed by atoms with Crippen molar-refractivity contribution in [2.75, 3.05) is 17.2 Å². The molecular weight excluding hydrogens is 462 g/mol. The van der Waals surface area contributed by atoms with Crippen molar-refractivity contribution in [3.63, 3.8) is 0 Å². The minimum atomic E-state index is -3.85. The fourth-order valence-corrected chi connectivity index (χ4v) is 5.54. The van der Waals surface area contributed by atoms with Crippen LogP contribution in [0, 0.1) is 6.92 Å². The minimum absolute atomic E-state index is 0.0903. The first-order valence-corrected chi connectivity index (χ1v) is 13.3. The number of nitrogens with one attached hydrogen (secondary N) is 3. The first-order valence-electron chi connectivity index (χ1n) is 11.8. The topological polar surface area (TPSA) is 108 Å². The number of aryl methyl sites for hydroxylation is 3. The van der Waals surface area contributed by atoms with E-state index in [1.807, 2.05) is 44.2 Å². The van der Waals surface area contributed by atoms with Crippen molar-refractivity contribution in [3.8, 4) is 0 Å². The lowest BCUT2D eigenvalue weighted by molar-refractivity contribution is -0.114. The SMILES string of the molecule is CCc1ccc(S(=O)(=O)N[C@@H]2c3cc(NC(=O)CNc4cccc(C)c4)ccc3CC[C@H]2O)cc1. The van der Waals surface area contributed by atoms with E-state index in [-0.39, 0.29) is 17.3 Å². The number of benzene rings is 3. The molecule has 1 amide bonds. The van der Waals surface area contributed by atoms with Gasteiger partial charge in [-0.3, -0.25) is 4.79 Å². The summed E-state index contributed by atoms with van der Waals surface area (Å²) in [4.78, 5) is 12.7. The molecule has 0 heterocycles. The van der Waals surface area contributed by atoms with Crippen LogP contribution >= 0.6 is 0 Å². The van der Waals surface area contributed by atoms with E-state index in [0.717, 1.165) is 28.8 Å². The summed E-state index contributed by atoms with van der Waals surface area (Å²) in [6.45, 7) is 4.08. The lowest BCUT2D eigenvalue weighted by atomic mass is 9.86. The molecule has 3 aromatic rings. The molecule has 4 rings (SSSR count). The van der Waals surface area contributed by atoms with Crippen LogP contribution in [-0.4, -0.2) is 32.1 Å². The Kier molecular flexibility index (Phi) is 7.54. The van der Waals surface area contributed by atoms with Crippen LogP contribution in [0.1, 0.15) is 41.6 Å². The number of rotatable bonds is 8. The Hall–Kier alpha value is -3.20. The summed E-state index contributed by atoms with van der Waals surface area (Å²) in [5.41, 5.74) is 5.16. The van der Waals surface area contributed by atoms with Crippen LogP contribution in [0.5, 0.6) is 0 Å². The number of aliphatic hydroxyl groups is 1. The van der Waals surface area contributed by atoms with Crippen LogP contribution in [0.25, 0.3) is 0 Å². The summed E-state index contributed by atoms with van der Waals surface area (Å²) in [6, 6.07) is 19.1. The number of hydrogen-bond donors (Lipinski definition) is 4. The van der Waals surface area contributed by atoms with E-state index in [1.165, 1.54) is 0 Å². The van der Waals surface area contributed by atoms with Crippen LogP contribution in [0.2, 0.25) is 0 Å². The van der Waals surface area contributed by atoms with Crippen molar-refractivity contribution in [2.24, 2.45) is 0 Å². The normalized spacial score (nSPS) is 17.5. The molecule has 2 atom stereocenters. The minimum Gasteiger partial charge on any atom is -0.391 e. The Balaban J connectivity index is 1.49. The van der Waals surface area contributed by atoms with Gasteiger partial charge in [-0.25, -0.2) is 13.1 Å². The van der Waals surface area contributed by atoms with Gasteiger partial charge in [-0.15, -0.1) is 0 Å². The summed E-state index contributed by atoms with van der Waals surface area (Å²) < 4.78 is 28.8. The van der Waals surface area contributed by atoms with Crippen LogP contribution < -0.4 is 15.4 Å². The molecule has 7 nitrogen and oxygen atoms in total. The number of fused-ring (bicyclic) bond motifs is 1. The van der Waals surface area contributed by atoms with E-state index in [9.17, 15) is 18.3 Å². The molecule has 0 unspecified atom stereocenters. The third-order valence-corrected chi connectivity index (χ3v) is 7.71. The molecule has 1 aliphatic rings. The quantitative estimate of drug-likeness (QED) is 0.380. The molecule has 0 bridgehead atoms. The maximum atomic E-state index is 13.1. The second-order valence-electron chi connectivity index (χ2n) is 8.89. The average Bonchev–Trinajstić information content (AvgIpc) is 2.85. The Morgan fingerprint density at radius 2 is 1.80 bits per heavy atom. The number of aliphatic hydroxyl groups excluding tert-OH is 1.